The van der Waals surface area contributed by atoms with Crippen LogP contribution in [0.2, 0.25) is 5.02 Å². The van der Waals surface area contributed by atoms with Gasteiger partial charge in [0.1, 0.15) is 5.82 Å². The first kappa shape index (κ1) is 17.2. The summed E-state index contributed by atoms with van der Waals surface area (Å²) in [4.78, 5) is 17.1. The van der Waals surface area contributed by atoms with Crippen molar-refractivity contribution in [3.05, 3.63) is 53.1 Å². The predicted octanol–water partition coefficient (Wildman–Crippen LogP) is 3.32. The molecule has 1 aromatic heterocycles. The van der Waals surface area contributed by atoms with Crippen LogP contribution in [-0.2, 0) is 13.0 Å². The summed E-state index contributed by atoms with van der Waals surface area (Å²) in [6, 6.07) is 7.00. The molecule has 1 aromatic carbocycles. The van der Waals surface area contributed by atoms with E-state index >= 15 is 0 Å². The number of nitrogens with one attached hydrogen (secondary N) is 1. The molecule has 124 valence electrons. The monoisotopic (exact) mass is 342 g/mol. The highest BCUT2D eigenvalue weighted by atomic mass is 35.5. The molecule has 1 heterocycles. The molecule has 2 amide bonds. The van der Waals surface area contributed by atoms with Crippen molar-refractivity contribution in [3.8, 4) is 0 Å². The summed E-state index contributed by atoms with van der Waals surface area (Å²) >= 11 is 5.80. The molecule has 23 heavy (non-hydrogen) atoms. The molecular weight excluding hydrogens is 326 g/mol. The Balaban J connectivity index is 1.80. The van der Waals surface area contributed by atoms with Gasteiger partial charge in [-0.15, -0.1) is 0 Å². The van der Waals surface area contributed by atoms with E-state index in [9.17, 15) is 13.6 Å². The maximum Gasteiger partial charge on any atom is 0.319 e. The average Bonchev–Trinajstić information content (AvgIpc) is 2.97. The van der Waals surface area contributed by atoms with Gasteiger partial charge in [0.05, 0.1) is 6.54 Å². The first-order chi connectivity index (χ1) is 11.0. The quantitative estimate of drug-likeness (QED) is 0.875. The minimum absolute atomic E-state index is 0.00409. The third-order valence-corrected chi connectivity index (χ3v) is 3.54. The lowest BCUT2D eigenvalue weighted by Crippen LogP contribution is -2.38. The van der Waals surface area contributed by atoms with Gasteiger partial charge >= 0.3 is 12.6 Å². The summed E-state index contributed by atoms with van der Waals surface area (Å²) in [5, 5.41) is 3.40. The molecule has 8 heteroatoms. The van der Waals surface area contributed by atoms with E-state index in [-0.39, 0.29) is 18.4 Å². The van der Waals surface area contributed by atoms with Gasteiger partial charge in [-0.05, 0) is 24.1 Å². The Bertz CT molecular complexity index is 645. The van der Waals surface area contributed by atoms with Gasteiger partial charge in [0.25, 0.3) is 0 Å². The van der Waals surface area contributed by atoms with Crippen LogP contribution in [0.25, 0.3) is 0 Å². The third kappa shape index (κ3) is 4.92. The van der Waals surface area contributed by atoms with Gasteiger partial charge in [-0.2, -0.15) is 8.78 Å². The standard InChI is InChI=1S/C15H17ClF2N4O/c1-21(10-13-19-8-9-22(13)14(17)18)15(23)20-7-6-11-2-4-12(16)5-3-11/h2-5,8-9,14H,6-7,10H2,1H3,(H,20,23). The number of aromatic nitrogens is 2. The molecule has 0 fully saturated rings. The van der Waals surface area contributed by atoms with E-state index in [0.29, 0.717) is 18.0 Å². The zero-order chi connectivity index (χ0) is 16.8. The maximum absolute atomic E-state index is 12.7. The number of alkyl halides is 2. The summed E-state index contributed by atoms with van der Waals surface area (Å²) in [5.41, 5.74) is 1.05. The van der Waals surface area contributed by atoms with Crippen LogP contribution < -0.4 is 5.32 Å². The molecule has 0 aliphatic rings. The first-order valence-electron chi connectivity index (χ1n) is 7.00. The Morgan fingerprint density at radius 1 is 1.39 bits per heavy atom. The lowest BCUT2D eigenvalue weighted by Gasteiger charge is -2.18. The number of rotatable bonds is 6. The Hall–Kier alpha value is -2.15. The molecule has 0 atom stereocenters. The normalized spacial score (nSPS) is 10.8. The fourth-order valence-electron chi connectivity index (χ4n) is 2.03. The highest BCUT2D eigenvalue weighted by molar-refractivity contribution is 6.30. The average molecular weight is 343 g/mol. The van der Waals surface area contributed by atoms with Crippen LogP contribution in [0.15, 0.2) is 36.7 Å². The second-order valence-corrected chi connectivity index (χ2v) is 5.43. The number of hydrogen-bond acceptors (Lipinski definition) is 2. The second kappa shape index (κ2) is 7.92. The lowest BCUT2D eigenvalue weighted by molar-refractivity contribution is 0.0651. The predicted molar refractivity (Wildman–Crippen MR) is 83.5 cm³/mol. The number of urea groups is 1. The Morgan fingerprint density at radius 3 is 2.74 bits per heavy atom. The summed E-state index contributed by atoms with van der Waals surface area (Å²) < 4.78 is 26.2. The Labute approximate surface area is 137 Å². The number of benzene rings is 1. The number of amides is 2. The van der Waals surface area contributed by atoms with Gasteiger partial charge in [0, 0.05) is 31.0 Å². The second-order valence-electron chi connectivity index (χ2n) is 4.99. The van der Waals surface area contributed by atoms with Crippen LogP contribution in [-0.4, -0.2) is 34.1 Å². The number of halogens is 3. The molecule has 0 aliphatic heterocycles. The van der Waals surface area contributed by atoms with Gasteiger partial charge in [-0.1, -0.05) is 23.7 Å². The van der Waals surface area contributed by atoms with Crippen LogP contribution >= 0.6 is 11.6 Å². The smallest absolute Gasteiger partial charge is 0.319 e. The number of imidazole rings is 1. The van der Waals surface area contributed by atoms with E-state index in [1.54, 1.807) is 12.1 Å². The molecule has 5 nitrogen and oxygen atoms in total. The van der Waals surface area contributed by atoms with E-state index in [4.69, 9.17) is 11.6 Å². The van der Waals surface area contributed by atoms with Crippen molar-refractivity contribution in [1.29, 1.82) is 0 Å². The molecule has 0 saturated heterocycles. The van der Waals surface area contributed by atoms with Crippen molar-refractivity contribution in [2.75, 3.05) is 13.6 Å². The van der Waals surface area contributed by atoms with Crippen LogP contribution in [0.5, 0.6) is 0 Å². The molecule has 0 spiro atoms. The Kier molecular flexibility index (Phi) is 5.92. The van der Waals surface area contributed by atoms with Crippen molar-refractivity contribution >= 4 is 17.6 Å². The Morgan fingerprint density at radius 2 is 2.09 bits per heavy atom. The van der Waals surface area contributed by atoms with Gasteiger partial charge in [-0.25, -0.2) is 9.78 Å². The van der Waals surface area contributed by atoms with E-state index in [0.717, 1.165) is 10.1 Å². The lowest BCUT2D eigenvalue weighted by atomic mass is 10.1. The van der Waals surface area contributed by atoms with Crippen molar-refractivity contribution in [2.45, 2.75) is 19.5 Å². The molecule has 0 bridgehead atoms. The summed E-state index contributed by atoms with van der Waals surface area (Å²) in [6.07, 6.45) is 3.13. The number of nitrogens with zero attached hydrogens (tertiary/aromatic N) is 3. The van der Waals surface area contributed by atoms with E-state index in [2.05, 4.69) is 10.3 Å². The molecular formula is C15H17ClF2N4O. The number of carbonyl (C=O) groups is 1. The minimum Gasteiger partial charge on any atom is -0.338 e. The van der Waals surface area contributed by atoms with Gasteiger partial charge in [-0.3, -0.25) is 4.57 Å². The highest BCUT2D eigenvalue weighted by Crippen LogP contribution is 2.13. The number of carbonyl (C=O) groups excluding carboxylic acids is 1. The fraction of sp³-hybridized carbons (Fsp3) is 0.333. The highest BCUT2D eigenvalue weighted by Gasteiger charge is 2.15. The maximum atomic E-state index is 12.7. The van der Waals surface area contributed by atoms with Crippen molar-refractivity contribution < 1.29 is 13.6 Å². The fourth-order valence-corrected chi connectivity index (χ4v) is 2.15. The van der Waals surface area contributed by atoms with Crippen LogP contribution in [0, 0.1) is 0 Å². The van der Waals surface area contributed by atoms with Crippen molar-refractivity contribution in [2.24, 2.45) is 0 Å². The summed E-state index contributed by atoms with van der Waals surface area (Å²) in [6.45, 7) is -2.23. The topological polar surface area (TPSA) is 50.2 Å². The van der Waals surface area contributed by atoms with Gasteiger partial charge in [0.2, 0.25) is 0 Å². The van der Waals surface area contributed by atoms with Gasteiger partial charge < -0.3 is 10.2 Å². The zero-order valence-electron chi connectivity index (χ0n) is 12.5. The summed E-state index contributed by atoms with van der Waals surface area (Å²) in [5.74, 6) is 0.135. The third-order valence-electron chi connectivity index (χ3n) is 3.29. The summed E-state index contributed by atoms with van der Waals surface area (Å²) in [7, 11) is 1.53. The molecule has 2 aromatic rings. The molecule has 0 saturated carbocycles. The minimum atomic E-state index is -2.67. The van der Waals surface area contributed by atoms with E-state index in [1.165, 1.54) is 24.3 Å². The first-order valence-corrected chi connectivity index (χ1v) is 7.38. The molecule has 0 unspecified atom stereocenters. The zero-order valence-corrected chi connectivity index (χ0v) is 13.3. The van der Waals surface area contributed by atoms with Crippen LogP contribution in [0.1, 0.15) is 17.9 Å². The van der Waals surface area contributed by atoms with Crippen LogP contribution in [0.4, 0.5) is 13.6 Å². The molecule has 1 N–H and O–H groups in total. The van der Waals surface area contributed by atoms with Crippen molar-refractivity contribution in [3.63, 3.8) is 0 Å². The largest absolute Gasteiger partial charge is 0.338 e. The molecule has 0 radical (unpaired) electrons. The molecule has 0 aliphatic carbocycles. The van der Waals surface area contributed by atoms with Gasteiger partial charge in [0.15, 0.2) is 0 Å². The van der Waals surface area contributed by atoms with E-state index in [1.807, 2.05) is 12.1 Å². The van der Waals surface area contributed by atoms with Crippen molar-refractivity contribution in [1.82, 2.24) is 19.8 Å². The molecule has 2 rings (SSSR count). The van der Waals surface area contributed by atoms with E-state index < -0.39 is 6.55 Å². The number of hydrogen-bond donors (Lipinski definition) is 1. The van der Waals surface area contributed by atoms with Crippen LogP contribution in [0.3, 0.4) is 0 Å². The SMILES string of the molecule is CN(Cc1nccn1C(F)F)C(=O)NCCc1ccc(Cl)cc1.